The first kappa shape index (κ1) is 6.62. The number of piperidine rings is 1. The molecule has 0 spiro atoms. The average Bonchev–Trinajstić information content (AvgIpc) is 2.27. The highest BCUT2D eigenvalue weighted by Crippen LogP contribution is 2.23. The molecule has 2 nitrogen and oxygen atoms in total. The smallest absolute Gasteiger partial charge is 0.0235 e. The number of nitrogens with zero attached hydrogens (tertiary/aromatic N) is 1. The number of fused-ring (bicyclic) bond motifs is 1. The molecule has 0 aliphatic carbocycles. The molecule has 2 aliphatic heterocycles. The monoisotopic (exact) mass is 140 g/mol. The number of hydrogen-bond donors (Lipinski definition) is 1. The number of likely N-dealkylation sites (N-methyl/N-ethyl adjacent to an activating group) is 1. The summed E-state index contributed by atoms with van der Waals surface area (Å²) in [5.74, 6) is 0.957. The third kappa shape index (κ3) is 1.06. The van der Waals surface area contributed by atoms with Crippen molar-refractivity contribution in [2.45, 2.75) is 18.9 Å². The lowest BCUT2D eigenvalue weighted by Crippen LogP contribution is -2.40. The summed E-state index contributed by atoms with van der Waals surface area (Å²) < 4.78 is 0. The van der Waals surface area contributed by atoms with E-state index >= 15 is 0 Å². The molecule has 2 rings (SSSR count). The normalized spacial score (nSPS) is 41.7. The molecule has 0 aromatic carbocycles. The molecule has 0 bridgehead atoms. The molecule has 0 unspecified atom stereocenters. The largest absolute Gasteiger partial charge is 0.312 e. The predicted molar refractivity (Wildman–Crippen MR) is 42.0 cm³/mol. The van der Waals surface area contributed by atoms with E-state index in [-0.39, 0.29) is 0 Å². The van der Waals surface area contributed by atoms with E-state index < -0.39 is 0 Å². The van der Waals surface area contributed by atoms with Gasteiger partial charge in [0.1, 0.15) is 0 Å². The van der Waals surface area contributed by atoms with Gasteiger partial charge in [-0.2, -0.15) is 0 Å². The van der Waals surface area contributed by atoms with E-state index in [0.717, 1.165) is 12.0 Å². The van der Waals surface area contributed by atoms with E-state index in [0.29, 0.717) is 0 Å². The molecule has 0 radical (unpaired) electrons. The van der Waals surface area contributed by atoms with Crippen LogP contribution in [0.3, 0.4) is 0 Å². The van der Waals surface area contributed by atoms with Crippen molar-refractivity contribution >= 4 is 0 Å². The number of hydrogen-bond acceptors (Lipinski definition) is 2. The molecule has 2 saturated heterocycles. The molecule has 2 atom stereocenters. The first-order chi connectivity index (χ1) is 4.86. The fourth-order valence-corrected chi connectivity index (χ4v) is 2.26. The zero-order valence-electron chi connectivity index (χ0n) is 6.64. The van der Waals surface area contributed by atoms with E-state index in [1.165, 1.54) is 32.5 Å². The SMILES string of the molecule is CN1C[C@@H]2CCCN[C@@H]2C1. The van der Waals surface area contributed by atoms with Crippen LogP contribution in [0.5, 0.6) is 0 Å². The van der Waals surface area contributed by atoms with Gasteiger partial charge in [0.25, 0.3) is 0 Å². The van der Waals surface area contributed by atoms with Crippen LogP contribution >= 0.6 is 0 Å². The molecular formula is C8H16N2. The van der Waals surface area contributed by atoms with Crippen molar-refractivity contribution in [3.05, 3.63) is 0 Å². The second-order valence-corrected chi connectivity index (χ2v) is 3.68. The highest BCUT2D eigenvalue weighted by molar-refractivity contribution is 4.90. The second-order valence-electron chi connectivity index (χ2n) is 3.68. The first-order valence-electron chi connectivity index (χ1n) is 4.28. The van der Waals surface area contributed by atoms with Crippen molar-refractivity contribution in [3.8, 4) is 0 Å². The highest BCUT2D eigenvalue weighted by atomic mass is 15.2. The van der Waals surface area contributed by atoms with Crippen molar-refractivity contribution in [1.82, 2.24) is 10.2 Å². The third-order valence-electron chi connectivity index (χ3n) is 2.78. The van der Waals surface area contributed by atoms with Gasteiger partial charge in [-0.15, -0.1) is 0 Å². The highest BCUT2D eigenvalue weighted by Gasteiger charge is 2.31. The van der Waals surface area contributed by atoms with Crippen LogP contribution in [0.25, 0.3) is 0 Å². The Bertz CT molecular complexity index is 110. The number of nitrogens with one attached hydrogen (secondary N) is 1. The Kier molecular flexibility index (Phi) is 1.66. The summed E-state index contributed by atoms with van der Waals surface area (Å²) >= 11 is 0. The van der Waals surface area contributed by atoms with Gasteiger partial charge in [-0.1, -0.05) is 0 Å². The Balaban J connectivity index is 1.97. The lowest BCUT2D eigenvalue weighted by atomic mass is 9.94. The summed E-state index contributed by atoms with van der Waals surface area (Å²) in [6, 6.07) is 0.818. The third-order valence-corrected chi connectivity index (χ3v) is 2.78. The number of likely N-dealkylation sites (tertiary alicyclic amines) is 1. The summed E-state index contributed by atoms with van der Waals surface area (Å²) in [5.41, 5.74) is 0. The van der Waals surface area contributed by atoms with Crippen molar-refractivity contribution in [3.63, 3.8) is 0 Å². The first-order valence-corrected chi connectivity index (χ1v) is 4.28. The summed E-state index contributed by atoms with van der Waals surface area (Å²) in [6.07, 6.45) is 2.83. The van der Waals surface area contributed by atoms with Crippen LogP contribution in [0.1, 0.15) is 12.8 Å². The van der Waals surface area contributed by atoms with E-state index in [1.807, 2.05) is 0 Å². The molecule has 2 aliphatic rings. The fourth-order valence-electron chi connectivity index (χ4n) is 2.26. The molecule has 0 saturated carbocycles. The standard InChI is InChI=1S/C8H16N2/c1-10-5-7-3-2-4-9-8(7)6-10/h7-9H,2-6H2,1H3/t7-,8+/m0/s1. The summed E-state index contributed by atoms with van der Waals surface area (Å²) in [6.45, 7) is 3.83. The minimum atomic E-state index is 0.818. The van der Waals surface area contributed by atoms with Crippen LogP contribution < -0.4 is 5.32 Å². The molecule has 10 heavy (non-hydrogen) atoms. The predicted octanol–water partition coefficient (Wildman–Crippen LogP) is 0.300. The molecule has 0 amide bonds. The second kappa shape index (κ2) is 2.51. The van der Waals surface area contributed by atoms with Gasteiger partial charge in [0.15, 0.2) is 0 Å². The maximum atomic E-state index is 3.57. The van der Waals surface area contributed by atoms with E-state index in [9.17, 15) is 0 Å². The van der Waals surface area contributed by atoms with Crippen molar-refractivity contribution in [2.24, 2.45) is 5.92 Å². The van der Waals surface area contributed by atoms with Crippen molar-refractivity contribution in [2.75, 3.05) is 26.7 Å². The summed E-state index contributed by atoms with van der Waals surface area (Å²) in [4.78, 5) is 2.44. The van der Waals surface area contributed by atoms with Crippen LogP contribution in [0, 0.1) is 5.92 Å². The zero-order valence-corrected chi connectivity index (χ0v) is 6.64. The van der Waals surface area contributed by atoms with Gasteiger partial charge in [0.2, 0.25) is 0 Å². The van der Waals surface area contributed by atoms with Gasteiger partial charge in [-0.05, 0) is 32.4 Å². The molecular weight excluding hydrogens is 124 g/mol. The van der Waals surface area contributed by atoms with Gasteiger partial charge < -0.3 is 10.2 Å². The molecule has 0 aromatic rings. The molecule has 58 valence electrons. The zero-order chi connectivity index (χ0) is 6.97. The Morgan fingerprint density at radius 1 is 1.40 bits per heavy atom. The maximum Gasteiger partial charge on any atom is 0.0235 e. The van der Waals surface area contributed by atoms with Gasteiger partial charge in [0, 0.05) is 19.1 Å². The van der Waals surface area contributed by atoms with Crippen LogP contribution in [0.15, 0.2) is 0 Å². The van der Waals surface area contributed by atoms with Gasteiger partial charge in [0.05, 0.1) is 0 Å². The minimum Gasteiger partial charge on any atom is -0.312 e. The molecule has 0 aromatic heterocycles. The van der Waals surface area contributed by atoms with E-state index in [2.05, 4.69) is 17.3 Å². The topological polar surface area (TPSA) is 15.3 Å². The molecule has 1 N–H and O–H groups in total. The van der Waals surface area contributed by atoms with Gasteiger partial charge in [-0.25, -0.2) is 0 Å². The van der Waals surface area contributed by atoms with E-state index in [4.69, 9.17) is 0 Å². The lowest BCUT2D eigenvalue weighted by Gasteiger charge is -2.24. The van der Waals surface area contributed by atoms with Gasteiger partial charge in [-0.3, -0.25) is 0 Å². The molecule has 2 heterocycles. The Morgan fingerprint density at radius 2 is 2.30 bits per heavy atom. The minimum absolute atomic E-state index is 0.818. The molecule has 2 heteroatoms. The lowest BCUT2D eigenvalue weighted by molar-refractivity contribution is 0.338. The summed E-state index contributed by atoms with van der Waals surface area (Å²) in [5, 5.41) is 3.57. The van der Waals surface area contributed by atoms with Crippen LogP contribution in [-0.4, -0.2) is 37.6 Å². The summed E-state index contributed by atoms with van der Waals surface area (Å²) in [7, 11) is 2.22. The maximum absolute atomic E-state index is 3.57. The Hall–Kier alpha value is -0.0800. The van der Waals surface area contributed by atoms with Crippen molar-refractivity contribution < 1.29 is 0 Å². The van der Waals surface area contributed by atoms with Crippen LogP contribution in [0.2, 0.25) is 0 Å². The van der Waals surface area contributed by atoms with Crippen LogP contribution in [0.4, 0.5) is 0 Å². The number of rotatable bonds is 0. The fraction of sp³-hybridized carbons (Fsp3) is 1.00. The van der Waals surface area contributed by atoms with E-state index in [1.54, 1.807) is 0 Å². The van der Waals surface area contributed by atoms with Gasteiger partial charge >= 0.3 is 0 Å². The van der Waals surface area contributed by atoms with Crippen LogP contribution in [-0.2, 0) is 0 Å². The molecule has 2 fully saturated rings. The Labute approximate surface area is 62.6 Å². The van der Waals surface area contributed by atoms with Crippen molar-refractivity contribution in [1.29, 1.82) is 0 Å². The quantitative estimate of drug-likeness (QED) is 0.520. The average molecular weight is 140 g/mol. The Morgan fingerprint density at radius 3 is 3.10 bits per heavy atom.